The quantitative estimate of drug-likeness (QED) is 0.843. The van der Waals surface area contributed by atoms with E-state index in [0.717, 1.165) is 56.2 Å². The lowest BCUT2D eigenvalue weighted by Gasteiger charge is -2.25. The zero-order valence-electron chi connectivity index (χ0n) is 16.3. The minimum atomic E-state index is -0.204. The maximum absolute atomic E-state index is 13.0. The number of carbonyl (C=O) groups excluding carboxylic acids is 1. The molecule has 0 bridgehead atoms. The van der Waals surface area contributed by atoms with E-state index in [1.807, 2.05) is 25.7 Å². The molecule has 26 heavy (non-hydrogen) atoms. The van der Waals surface area contributed by atoms with Crippen LogP contribution in [0.15, 0.2) is 28.8 Å². The highest BCUT2D eigenvalue weighted by Gasteiger charge is 2.28. The van der Waals surface area contributed by atoms with Gasteiger partial charge in [0.1, 0.15) is 5.76 Å². The Hall–Kier alpha value is -2.14. The molecule has 3 rings (SSSR count). The summed E-state index contributed by atoms with van der Waals surface area (Å²) in [6.45, 7) is 12.4. The van der Waals surface area contributed by atoms with Crippen LogP contribution in [0.1, 0.15) is 47.4 Å². The molecule has 0 N–H and O–H groups in total. The van der Waals surface area contributed by atoms with E-state index in [1.165, 1.54) is 11.1 Å². The number of aromatic nitrogens is 1. The molecule has 1 aromatic carbocycles. The normalized spacial score (nSPS) is 17.2. The Kier molecular flexibility index (Phi) is 5.77. The Bertz CT molecular complexity index is 749. The molecule has 1 aromatic heterocycles. The number of hydrogen-bond donors (Lipinski definition) is 0. The summed E-state index contributed by atoms with van der Waals surface area (Å²) in [5.41, 5.74) is 4.46. The summed E-state index contributed by atoms with van der Waals surface area (Å²) in [4.78, 5) is 17.5. The fourth-order valence-electron chi connectivity index (χ4n) is 3.88. The third kappa shape index (κ3) is 3.98. The highest BCUT2D eigenvalue weighted by molar-refractivity contribution is 5.83. The molecule has 0 radical (unpaired) electrons. The van der Waals surface area contributed by atoms with Crippen LogP contribution in [0.25, 0.3) is 0 Å². The van der Waals surface area contributed by atoms with Gasteiger partial charge in [0.15, 0.2) is 0 Å². The summed E-state index contributed by atoms with van der Waals surface area (Å²) < 4.78 is 5.24. The molecule has 1 saturated heterocycles. The molecule has 5 heteroatoms. The predicted molar refractivity (Wildman–Crippen MR) is 102 cm³/mol. The van der Waals surface area contributed by atoms with Gasteiger partial charge in [-0.1, -0.05) is 29.4 Å². The number of amides is 1. The van der Waals surface area contributed by atoms with Crippen molar-refractivity contribution < 1.29 is 9.32 Å². The largest absolute Gasteiger partial charge is 0.361 e. The van der Waals surface area contributed by atoms with Gasteiger partial charge in [-0.25, -0.2) is 0 Å². The molecule has 0 spiro atoms. The van der Waals surface area contributed by atoms with E-state index in [4.69, 9.17) is 4.52 Å². The molecule has 5 nitrogen and oxygen atoms in total. The van der Waals surface area contributed by atoms with E-state index >= 15 is 0 Å². The fraction of sp³-hybridized carbons (Fsp3) is 0.524. The lowest BCUT2D eigenvalue weighted by atomic mass is 9.98. The minimum Gasteiger partial charge on any atom is -0.361 e. The molecule has 1 atom stereocenters. The number of carbonyl (C=O) groups is 1. The van der Waals surface area contributed by atoms with E-state index in [0.29, 0.717) is 0 Å². The van der Waals surface area contributed by atoms with Crippen molar-refractivity contribution in [1.29, 1.82) is 0 Å². The van der Waals surface area contributed by atoms with Crippen molar-refractivity contribution in [2.75, 3.05) is 26.2 Å². The van der Waals surface area contributed by atoms with Crippen molar-refractivity contribution in [3.8, 4) is 0 Å². The second-order valence-corrected chi connectivity index (χ2v) is 7.34. The standard InChI is InChI=1S/C21H29N3O2/c1-15-8-5-6-9-19(15)14-23-10-7-11-24(13-12-23)21(25)16(2)20-17(3)22-26-18(20)4/h5-6,8-9,16H,7,10-14H2,1-4H3. The lowest BCUT2D eigenvalue weighted by Crippen LogP contribution is -2.37. The molecule has 2 aromatic rings. The van der Waals surface area contributed by atoms with Gasteiger partial charge >= 0.3 is 0 Å². The van der Waals surface area contributed by atoms with Gasteiger partial charge in [0.25, 0.3) is 0 Å². The lowest BCUT2D eigenvalue weighted by molar-refractivity contribution is -0.132. The van der Waals surface area contributed by atoms with Crippen LogP contribution in [-0.4, -0.2) is 47.0 Å². The highest BCUT2D eigenvalue weighted by Crippen LogP contribution is 2.25. The highest BCUT2D eigenvalue weighted by atomic mass is 16.5. The number of nitrogens with zero attached hydrogens (tertiary/aromatic N) is 3. The molecule has 0 aliphatic carbocycles. The first kappa shape index (κ1) is 18.6. The molecule has 0 saturated carbocycles. The van der Waals surface area contributed by atoms with Crippen molar-refractivity contribution in [3.63, 3.8) is 0 Å². The van der Waals surface area contributed by atoms with Crippen LogP contribution in [0, 0.1) is 20.8 Å². The van der Waals surface area contributed by atoms with Crippen LogP contribution in [0.4, 0.5) is 0 Å². The maximum Gasteiger partial charge on any atom is 0.230 e. The summed E-state index contributed by atoms with van der Waals surface area (Å²) in [7, 11) is 0. The first-order chi connectivity index (χ1) is 12.5. The van der Waals surface area contributed by atoms with Crippen LogP contribution >= 0.6 is 0 Å². The monoisotopic (exact) mass is 355 g/mol. The van der Waals surface area contributed by atoms with E-state index in [9.17, 15) is 4.79 Å². The van der Waals surface area contributed by atoms with Gasteiger partial charge in [-0.2, -0.15) is 0 Å². The van der Waals surface area contributed by atoms with Crippen molar-refractivity contribution in [1.82, 2.24) is 15.0 Å². The van der Waals surface area contributed by atoms with Gasteiger partial charge in [0, 0.05) is 38.3 Å². The van der Waals surface area contributed by atoms with E-state index in [-0.39, 0.29) is 11.8 Å². The van der Waals surface area contributed by atoms with Gasteiger partial charge in [-0.15, -0.1) is 0 Å². The molecule has 1 aliphatic rings. The second-order valence-electron chi connectivity index (χ2n) is 7.34. The maximum atomic E-state index is 13.0. The smallest absolute Gasteiger partial charge is 0.230 e. The van der Waals surface area contributed by atoms with Crippen LogP contribution in [0.2, 0.25) is 0 Å². The van der Waals surface area contributed by atoms with Gasteiger partial charge in [-0.3, -0.25) is 9.69 Å². The van der Waals surface area contributed by atoms with E-state index < -0.39 is 0 Å². The predicted octanol–water partition coefficient (Wildman–Crippen LogP) is 3.44. The average Bonchev–Trinajstić information content (AvgIpc) is 2.83. The number of rotatable bonds is 4. The van der Waals surface area contributed by atoms with Crippen LogP contribution in [0.3, 0.4) is 0 Å². The van der Waals surface area contributed by atoms with Gasteiger partial charge in [0.2, 0.25) is 5.91 Å². The molecule has 1 unspecified atom stereocenters. The molecule has 1 fully saturated rings. The van der Waals surface area contributed by atoms with Crippen molar-refractivity contribution in [3.05, 3.63) is 52.4 Å². The minimum absolute atomic E-state index is 0.178. The van der Waals surface area contributed by atoms with Crippen molar-refractivity contribution in [2.24, 2.45) is 0 Å². The summed E-state index contributed by atoms with van der Waals surface area (Å²) in [6, 6.07) is 8.54. The zero-order valence-corrected chi connectivity index (χ0v) is 16.3. The number of aryl methyl sites for hydroxylation is 3. The Morgan fingerprint density at radius 2 is 1.92 bits per heavy atom. The summed E-state index contributed by atoms with van der Waals surface area (Å²) >= 11 is 0. The van der Waals surface area contributed by atoms with Gasteiger partial charge in [0.05, 0.1) is 11.6 Å². The first-order valence-electron chi connectivity index (χ1n) is 9.45. The second kappa shape index (κ2) is 8.04. The van der Waals surface area contributed by atoms with Crippen LogP contribution in [-0.2, 0) is 11.3 Å². The Balaban J connectivity index is 1.63. The number of benzene rings is 1. The average molecular weight is 355 g/mol. The van der Waals surface area contributed by atoms with Crippen molar-refractivity contribution in [2.45, 2.75) is 46.6 Å². The molecule has 1 amide bonds. The zero-order chi connectivity index (χ0) is 18.7. The van der Waals surface area contributed by atoms with Crippen molar-refractivity contribution >= 4 is 5.91 Å². The van der Waals surface area contributed by atoms with E-state index in [1.54, 1.807) is 0 Å². The summed E-state index contributed by atoms with van der Waals surface area (Å²) in [6.07, 6.45) is 1.01. The molecule has 140 valence electrons. The van der Waals surface area contributed by atoms with Gasteiger partial charge < -0.3 is 9.42 Å². The third-order valence-electron chi connectivity index (χ3n) is 5.45. The Morgan fingerprint density at radius 1 is 1.15 bits per heavy atom. The number of hydrogen-bond acceptors (Lipinski definition) is 4. The third-order valence-corrected chi connectivity index (χ3v) is 5.45. The Morgan fingerprint density at radius 3 is 2.62 bits per heavy atom. The summed E-state index contributed by atoms with van der Waals surface area (Å²) in [5.74, 6) is 0.723. The topological polar surface area (TPSA) is 49.6 Å². The van der Waals surface area contributed by atoms with Crippen LogP contribution in [0.5, 0.6) is 0 Å². The fourth-order valence-corrected chi connectivity index (χ4v) is 3.88. The molecular formula is C21H29N3O2. The first-order valence-corrected chi connectivity index (χ1v) is 9.45. The van der Waals surface area contributed by atoms with Crippen LogP contribution < -0.4 is 0 Å². The van der Waals surface area contributed by atoms with Gasteiger partial charge in [-0.05, 0) is 45.2 Å². The van der Waals surface area contributed by atoms with E-state index in [2.05, 4.69) is 41.2 Å². The molecular weight excluding hydrogens is 326 g/mol. The SMILES string of the molecule is Cc1ccccc1CN1CCCN(C(=O)C(C)c2c(C)noc2C)CC1. The molecule has 2 heterocycles. The Labute approximate surface area is 156 Å². The summed E-state index contributed by atoms with van der Waals surface area (Å²) in [5, 5.41) is 4.00. The molecule has 1 aliphatic heterocycles.